The van der Waals surface area contributed by atoms with Gasteiger partial charge in [-0.25, -0.2) is 0 Å². The summed E-state index contributed by atoms with van der Waals surface area (Å²) >= 11 is 0. The highest BCUT2D eigenvalue weighted by molar-refractivity contribution is 7.54. The maximum Gasteiger partial charge on any atom is 0.359 e. The van der Waals surface area contributed by atoms with Crippen LogP contribution < -0.4 is 4.90 Å². The summed E-state index contributed by atoms with van der Waals surface area (Å²) < 4.78 is 25.1. The van der Waals surface area contributed by atoms with Gasteiger partial charge in [0.25, 0.3) is 5.91 Å². The Kier molecular flexibility index (Phi) is 7.19. The average molecular weight is 462 g/mol. The van der Waals surface area contributed by atoms with Crippen molar-refractivity contribution in [3.8, 4) is 0 Å². The smallest absolute Gasteiger partial charge is 0.307 e. The zero-order chi connectivity index (χ0) is 23.3. The third-order valence-corrected chi connectivity index (χ3v) is 7.60. The Morgan fingerprint density at radius 1 is 0.848 bits per heavy atom. The van der Waals surface area contributed by atoms with Gasteiger partial charge in [0.1, 0.15) is 5.71 Å². The molecule has 0 unspecified atom stereocenters. The first-order valence-corrected chi connectivity index (χ1v) is 12.6. The molecule has 0 aliphatic carbocycles. The zero-order valence-electron chi connectivity index (χ0n) is 18.8. The molecule has 3 aromatic rings. The van der Waals surface area contributed by atoms with Gasteiger partial charge in [-0.05, 0) is 31.0 Å². The minimum absolute atomic E-state index is 0.204. The normalized spacial score (nSPS) is 15.6. The van der Waals surface area contributed by atoms with Gasteiger partial charge in [-0.2, -0.15) is 0 Å². The molecule has 33 heavy (non-hydrogen) atoms. The number of amides is 1. The van der Waals surface area contributed by atoms with Crippen LogP contribution in [0.4, 0.5) is 5.69 Å². The predicted molar refractivity (Wildman–Crippen MR) is 131 cm³/mol. The number of fused-ring (bicyclic) bond motifs is 1. The molecule has 1 atom stereocenters. The molecule has 3 aromatic carbocycles. The maximum absolute atomic E-state index is 13.8. The fourth-order valence-electron chi connectivity index (χ4n) is 3.92. The lowest BCUT2D eigenvalue weighted by atomic mass is 10.1. The van der Waals surface area contributed by atoms with Crippen LogP contribution in [0.3, 0.4) is 0 Å². The minimum Gasteiger partial charge on any atom is -0.307 e. The SMILES string of the molecule is CCOP(=O)(OCC)[C@H](N=C1C(=O)N(Cc2ccccc2)c2ccccc21)c1ccccc1. The summed E-state index contributed by atoms with van der Waals surface area (Å²) in [7, 11) is -3.69. The van der Waals surface area contributed by atoms with E-state index in [9.17, 15) is 9.36 Å². The fourth-order valence-corrected chi connectivity index (χ4v) is 5.79. The summed E-state index contributed by atoms with van der Waals surface area (Å²) in [6.07, 6.45) is 0. The van der Waals surface area contributed by atoms with E-state index in [1.54, 1.807) is 18.7 Å². The molecular weight excluding hydrogens is 435 g/mol. The largest absolute Gasteiger partial charge is 0.359 e. The van der Waals surface area contributed by atoms with Gasteiger partial charge in [0.15, 0.2) is 5.78 Å². The fraction of sp³-hybridized carbons (Fsp3) is 0.231. The molecule has 4 rings (SSSR count). The standard InChI is InChI=1S/C26H27N2O4P/c1-3-31-33(30,32-4-2)25(21-15-9-6-10-16-21)27-24-22-17-11-12-18-23(22)28(26(24)29)19-20-13-7-5-8-14-20/h5-18,25H,3-4,19H2,1-2H3/t25-/m0/s1. The van der Waals surface area contributed by atoms with Gasteiger partial charge in [0.2, 0.25) is 0 Å². The van der Waals surface area contributed by atoms with E-state index in [1.807, 2.05) is 84.9 Å². The Hall–Kier alpha value is -3.05. The Morgan fingerprint density at radius 3 is 2.06 bits per heavy atom. The highest BCUT2D eigenvalue weighted by Gasteiger charge is 2.40. The molecule has 0 spiro atoms. The molecule has 1 heterocycles. The van der Waals surface area contributed by atoms with E-state index < -0.39 is 13.4 Å². The van der Waals surface area contributed by atoms with Crippen molar-refractivity contribution in [1.29, 1.82) is 0 Å². The van der Waals surface area contributed by atoms with Crippen LogP contribution >= 0.6 is 7.60 Å². The Morgan fingerprint density at radius 2 is 1.42 bits per heavy atom. The van der Waals surface area contributed by atoms with Crippen LogP contribution in [-0.2, 0) is 25.0 Å². The molecule has 0 fully saturated rings. The number of carbonyl (C=O) groups excluding carboxylic acids is 1. The molecule has 0 aromatic heterocycles. The molecule has 170 valence electrons. The number of rotatable bonds is 9. The van der Waals surface area contributed by atoms with Crippen molar-refractivity contribution >= 4 is 24.9 Å². The Labute approximate surface area is 194 Å². The highest BCUT2D eigenvalue weighted by atomic mass is 31.2. The Bertz CT molecular complexity index is 1170. The van der Waals surface area contributed by atoms with Crippen LogP contribution in [-0.4, -0.2) is 24.8 Å². The van der Waals surface area contributed by atoms with Gasteiger partial charge in [-0.1, -0.05) is 78.9 Å². The molecule has 0 bridgehead atoms. The van der Waals surface area contributed by atoms with Crippen LogP contribution in [0.1, 0.15) is 36.3 Å². The first kappa shape index (κ1) is 23.1. The van der Waals surface area contributed by atoms with E-state index in [1.165, 1.54) is 0 Å². The molecule has 1 aliphatic heterocycles. The summed E-state index contributed by atoms with van der Waals surface area (Å²) in [5, 5.41) is 0. The number of anilines is 1. The first-order valence-electron chi connectivity index (χ1n) is 11.0. The number of para-hydroxylation sites is 1. The number of nitrogens with zero attached hydrogens (tertiary/aromatic N) is 2. The molecule has 1 aliphatic rings. The summed E-state index contributed by atoms with van der Waals surface area (Å²) in [4.78, 5) is 20.1. The van der Waals surface area contributed by atoms with E-state index in [2.05, 4.69) is 0 Å². The quantitative estimate of drug-likeness (QED) is 0.367. The summed E-state index contributed by atoms with van der Waals surface area (Å²) in [5.41, 5.74) is 3.42. The second-order valence-electron chi connectivity index (χ2n) is 7.53. The summed E-state index contributed by atoms with van der Waals surface area (Å²) in [6.45, 7) is 4.35. The molecule has 0 saturated carbocycles. The van der Waals surface area contributed by atoms with E-state index in [0.29, 0.717) is 17.7 Å². The van der Waals surface area contributed by atoms with Gasteiger partial charge >= 0.3 is 7.60 Å². The lowest BCUT2D eigenvalue weighted by Gasteiger charge is -2.24. The second kappa shape index (κ2) is 10.3. The lowest BCUT2D eigenvalue weighted by molar-refractivity contribution is -0.112. The molecule has 6 nitrogen and oxygen atoms in total. The zero-order valence-corrected chi connectivity index (χ0v) is 19.7. The molecule has 7 heteroatoms. The topological polar surface area (TPSA) is 68.2 Å². The second-order valence-corrected chi connectivity index (χ2v) is 9.62. The minimum atomic E-state index is -3.69. The van der Waals surface area contributed by atoms with Crippen molar-refractivity contribution in [2.24, 2.45) is 4.99 Å². The number of benzene rings is 3. The van der Waals surface area contributed by atoms with Crippen molar-refractivity contribution in [1.82, 2.24) is 0 Å². The van der Waals surface area contributed by atoms with Crippen molar-refractivity contribution in [3.05, 3.63) is 102 Å². The van der Waals surface area contributed by atoms with Crippen LogP contribution in [0.5, 0.6) is 0 Å². The molecule has 0 N–H and O–H groups in total. The highest BCUT2D eigenvalue weighted by Crippen LogP contribution is 2.62. The van der Waals surface area contributed by atoms with Gasteiger partial charge < -0.3 is 13.9 Å². The van der Waals surface area contributed by atoms with Crippen molar-refractivity contribution in [2.75, 3.05) is 18.1 Å². The van der Waals surface area contributed by atoms with Crippen LogP contribution in [0.15, 0.2) is 89.9 Å². The number of aliphatic imine (C=N–C) groups is 1. The van der Waals surface area contributed by atoms with Crippen molar-refractivity contribution in [2.45, 2.75) is 26.2 Å². The summed E-state index contributed by atoms with van der Waals surface area (Å²) in [6, 6.07) is 26.6. The Balaban J connectivity index is 1.81. The average Bonchev–Trinajstić information content (AvgIpc) is 3.09. The van der Waals surface area contributed by atoms with Gasteiger partial charge in [0, 0.05) is 5.56 Å². The molecule has 0 radical (unpaired) electrons. The van der Waals surface area contributed by atoms with E-state index >= 15 is 0 Å². The van der Waals surface area contributed by atoms with E-state index in [0.717, 1.165) is 11.3 Å². The van der Waals surface area contributed by atoms with Crippen molar-refractivity contribution < 1.29 is 18.4 Å². The third kappa shape index (κ3) is 4.83. The van der Waals surface area contributed by atoms with Crippen LogP contribution in [0, 0.1) is 0 Å². The lowest BCUT2D eigenvalue weighted by Crippen LogP contribution is -2.30. The molecule has 1 amide bonds. The molecular formula is C26H27N2O4P. The first-order chi connectivity index (χ1) is 16.1. The predicted octanol–water partition coefficient (Wildman–Crippen LogP) is 5.99. The van der Waals surface area contributed by atoms with Crippen LogP contribution in [0.2, 0.25) is 0 Å². The number of carbonyl (C=O) groups is 1. The third-order valence-electron chi connectivity index (χ3n) is 5.35. The van der Waals surface area contributed by atoms with Gasteiger partial charge in [0.05, 0.1) is 25.4 Å². The van der Waals surface area contributed by atoms with E-state index in [4.69, 9.17) is 14.0 Å². The van der Waals surface area contributed by atoms with Crippen LogP contribution in [0.25, 0.3) is 0 Å². The van der Waals surface area contributed by atoms with Crippen molar-refractivity contribution in [3.63, 3.8) is 0 Å². The monoisotopic (exact) mass is 462 g/mol. The van der Waals surface area contributed by atoms with E-state index in [-0.39, 0.29) is 24.8 Å². The maximum atomic E-state index is 13.8. The number of hydrogen-bond acceptors (Lipinski definition) is 5. The van der Waals surface area contributed by atoms with Gasteiger partial charge in [-0.3, -0.25) is 14.4 Å². The van der Waals surface area contributed by atoms with Gasteiger partial charge in [-0.15, -0.1) is 0 Å². The molecule has 0 saturated heterocycles. The number of hydrogen-bond donors (Lipinski definition) is 0. The summed E-state index contributed by atoms with van der Waals surface area (Å²) in [5.74, 6) is -1.19.